The molecule has 20 heavy (non-hydrogen) atoms. The predicted molar refractivity (Wildman–Crippen MR) is 70.3 cm³/mol. The van der Waals surface area contributed by atoms with Crippen LogP contribution in [0.5, 0.6) is 0 Å². The maximum atomic E-state index is 14.1. The van der Waals surface area contributed by atoms with Crippen molar-refractivity contribution in [3.8, 4) is 0 Å². The fraction of sp³-hybridized carbons (Fsp3) is 0.500. The Morgan fingerprint density at radius 2 is 2.00 bits per heavy atom. The average molecular weight is 302 g/mol. The van der Waals surface area contributed by atoms with Crippen LogP contribution in [0.2, 0.25) is 0 Å². The van der Waals surface area contributed by atoms with Gasteiger partial charge in [-0.25, -0.2) is 23.9 Å². The number of carbonyl (C=O) groups is 2. The summed E-state index contributed by atoms with van der Waals surface area (Å²) in [5, 5.41) is 0.250. The number of alkyl halides is 1. The third kappa shape index (κ3) is 3.89. The quantitative estimate of drug-likeness (QED) is 0.451. The lowest BCUT2D eigenvalue weighted by Crippen LogP contribution is -2.19. The van der Waals surface area contributed by atoms with Crippen molar-refractivity contribution in [2.45, 2.75) is 25.2 Å². The second-order valence-corrected chi connectivity index (χ2v) is 4.26. The van der Waals surface area contributed by atoms with Crippen LogP contribution in [0.15, 0.2) is 11.4 Å². The van der Waals surface area contributed by atoms with Crippen molar-refractivity contribution < 1.29 is 23.5 Å². The largest absolute Gasteiger partial charge is 0.464 e. The number of hydrogen-bond donors (Lipinski definition) is 0. The third-order valence-corrected chi connectivity index (χ3v) is 2.77. The first kappa shape index (κ1) is 16.4. The van der Waals surface area contributed by atoms with E-state index in [0.717, 1.165) is 6.20 Å². The lowest BCUT2D eigenvalue weighted by molar-refractivity contribution is -0.149. The maximum Gasteiger partial charge on any atom is 0.347 e. The predicted octanol–water partition coefficient (Wildman–Crippen LogP) is 1.95. The van der Waals surface area contributed by atoms with E-state index in [1.165, 1.54) is 11.8 Å². The van der Waals surface area contributed by atoms with Crippen LogP contribution in [0.25, 0.3) is 0 Å². The molecule has 0 fully saturated rings. The van der Waals surface area contributed by atoms with Gasteiger partial charge in [0.15, 0.2) is 5.16 Å². The summed E-state index contributed by atoms with van der Waals surface area (Å²) in [6.45, 7) is 3.34. The minimum atomic E-state index is -2.15. The summed E-state index contributed by atoms with van der Waals surface area (Å²) < 4.78 is 23.5. The van der Waals surface area contributed by atoms with Crippen molar-refractivity contribution in [1.82, 2.24) is 9.97 Å². The second-order valence-electron chi connectivity index (χ2n) is 3.49. The van der Waals surface area contributed by atoms with Crippen LogP contribution in [-0.2, 0) is 14.3 Å². The Hall–Kier alpha value is -1.70. The van der Waals surface area contributed by atoms with Gasteiger partial charge >= 0.3 is 11.9 Å². The Morgan fingerprint density at radius 1 is 1.35 bits per heavy atom. The zero-order valence-corrected chi connectivity index (χ0v) is 12.2. The zero-order chi connectivity index (χ0) is 15.1. The monoisotopic (exact) mass is 302 g/mol. The Labute approximate surface area is 120 Å². The molecule has 110 valence electrons. The van der Waals surface area contributed by atoms with E-state index in [-0.39, 0.29) is 29.6 Å². The molecule has 1 rings (SSSR count). The van der Waals surface area contributed by atoms with Gasteiger partial charge in [0.05, 0.1) is 13.2 Å². The normalized spacial score (nSPS) is 11.8. The highest BCUT2D eigenvalue weighted by Crippen LogP contribution is 2.23. The van der Waals surface area contributed by atoms with Gasteiger partial charge < -0.3 is 9.47 Å². The average Bonchev–Trinajstić information content (AvgIpc) is 2.46. The van der Waals surface area contributed by atoms with Gasteiger partial charge in [-0.2, -0.15) is 0 Å². The standard InChI is InChI=1S/C12H15FN2O4S/c1-4-18-10(16)7-6-14-12(20-3)15-9(7)8(13)11(17)19-5-2/h6,8H,4-5H2,1-3H3. The smallest absolute Gasteiger partial charge is 0.347 e. The van der Waals surface area contributed by atoms with Crippen LogP contribution in [0, 0.1) is 0 Å². The lowest BCUT2D eigenvalue weighted by atomic mass is 10.1. The molecule has 0 aliphatic heterocycles. The minimum absolute atomic E-state index is 0.0362. The van der Waals surface area contributed by atoms with Crippen LogP contribution in [-0.4, -0.2) is 41.4 Å². The van der Waals surface area contributed by atoms with Gasteiger partial charge in [0.1, 0.15) is 11.3 Å². The number of hydrogen-bond acceptors (Lipinski definition) is 7. The highest BCUT2D eigenvalue weighted by atomic mass is 32.2. The van der Waals surface area contributed by atoms with Gasteiger partial charge in [-0.05, 0) is 20.1 Å². The number of thioether (sulfide) groups is 1. The van der Waals surface area contributed by atoms with Crippen LogP contribution >= 0.6 is 11.8 Å². The molecule has 0 amide bonds. The number of rotatable bonds is 6. The van der Waals surface area contributed by atoms with E-state index in [0.29, 0.717) is 0 Å². The van der Waals surface area contributed by atoms with E-state index in [1.54, 1.807) is 20.1 Å². The van der Waals surface area contributed by atoms with Gasteiger partial charge in [-0.1, -0.05) is 11.8 Å². The topological polar surface area (TPSA) is 78.4 Å². The summed E-state index contributed by atoms with van der Waals surface area (Å²) in [7, 11) is 0. The van der Waals surface area contributed by atoms with Crippen LogP contribution in [0.1, 0.15) is 36.1 Å². The van der Waals surface area contributed by atoms with Crippen molar-refractivity contribution in [2.24, 2.45) is 0 Å². The van der Waals surface area contributed by atoms with E-state index in [9.17, 15) is 14.0 Å². The Bertz CT molecular complexity index is 498. The summed E-state index contributed by atoms with van der Waals surface area (Å²) in [5.74, 6) is -1.87. The van der Waals surface area contributed by atoms with E-state index in [4.69, 9.17) is 4.74 Å². The highest BCUT2D eigenvalue weighted by Gasteiger charge is 2.29. The zero-order valence-electron chi connectivity index (χ0n) is 11.4. The first-order valence-electron chi connectivity index (χ1n) is 5.93. The number of halogens is 1. The summed E-state index contributed by atoms with van der Waals surface area (Å²) in [4.78, 5) is 30.9. The molecule has 6 nitrogen and oxygen atoms in total. The van der Waals surface area contributed by atoms with Crippen molar-refractivity contribution in [2.75, 3.05) is 19.5 Å². The fourth-order valence-electron chi connectivity index (χ4n) is 1.36. The summed E-state index contributed by atoms with van der Waals surface area (Å²) in [5.41, 5.74) is -0.508. The van der Waals surface area contributed by atoms with Crippen molar-refractivity contribution >= 4 is 23.7 Å². The molecular weight excluding hydrogens is 287 g/mol. The van der Waals surface area contributed by atoms with Gasteiger partial charge in [0.2, 0.25) is 6.17 Å². The van der Waals surface area contributed by atoms with Crippen molar-refractivity contribution in [3.63, 3.8) is 0 Å². The van der Waals surface area contributed by atoms with E-state index < -0.39 is 18.1 Å². The van der Waals surface area contributed by atoms with Gasteiger partial charge in [-0.15, -0.1) is 0 Å². The fourth-order valence-corrected chi connectivity index (χ4v) is 1.71. The van der Waals surface area contributed by atoms with E-state index in [2.05, 4.69) is 14.7 Å². The number of ether oxygens (including phenoxy) is 2. The molecular formula is C12H15FN2O4S. The molecule has 0 radical (unpaired) electrons. The Kier molecular flexibility index (Phi) is 6.37. The molecule has 0 aliphatic rings. The lowest BCUT2D eigenvalue weighted by Gasteiger charge is -2.11. The molecule has 0 aliphatic carbocycles. The molecule has 1 heterocycles. The number of esters is 2. The third-order valence-electron chi connectivity index (χ3n) is 2.21. The molecule has 0 N–H and O–H groups in total. The van der Waals surface area contributed by atoms with Crippen molar-refractivity contribution in [3.05, 3.63) is 17.5 Å². The molecule has 1 aromatic heterocycles. The Morgan fingerprint density at radius 3 is 2.55 bits per heavy atom. The molecule has 0 saturated heterocycles. The minimum Gasteiger partial charge on any atom is -0.464 e. The molecule has 1 atom stereocenters. The number of nitrogens with zero attached hydrogens (tertiary/aromatic N) is 2. The van der Waals surface area contributed by atoms with Crippen molar-refractivity contribution in [1.29, 1.82) is 0 Å². The van der Waals surface area contributed by atoms with Gasteiger partial charge in [0, 0.05) is 6.20 Å². The van der Waals surface area contributed by atoms with Crippen LogP contribution < -0.4 is 0 Å². The number of aromatic nitrogens is 2. The highest BCUT2D eigenvalue weighted by molar-refractivity contribution is 7.98. The number of carbonyl (C=O) groups excluding carboxylic acids is 2. The Balaban J connectivity index is 3.18. The first-order valence-corrected chi connectivity index (χ1v) is 7.16. The molecule has 1 aromatic rings. The molecule has 0 spiro atoms. The summed E-state index contributed by atoms with van der Waals surface area (Å²) in [6.07, 6.45) is 0.696. The molecule has 0 bridgehead atoms. The molecule has 8 heteroatoms. The molecule has 0 aromatic carbocycles. The summed E-state index contributed by atoms with van der Waals surface area (Å²) in [6, 6.07) is 0. The molecule has 1 unspecified atom stereocenters. The van der Waals surface area contributed by atoms with Crippen LogP contribution in [0.3, 0.4) is 0 Å². The maximum absolute atomic E-state index is 14.1. The van der Waals surface area contributed by atoms with E-state index in [1.807, 2.05) is 0 Å². The van der Waals surface area contributed by atoms with E-state index >= 15 is 0 Å². The summed E-state index contributed by atoms with van der Waals surface area (Å²) >= 11 is 1.17. The van der Waals surface area contributed by atoms with Gasteiger partial charge in [-0.3, -0.25) is 0 Å². The second kappa shape index (κ2) is 7.78. The SMILES string of the molecule is CCOC(=O)c1cnc(SC)nc1C(F)C(=O)OCC. The first-order chi connectivity index (χ1) is 9.54. The molecule has 0 saturated carbocycles. The van der Waals surface area contributed by atoms with Crippen LogP contribution in [0.4, 0.5) is 4.39 Å². The van der Waals surface area contributed by atoms with Gasteiger partial charge in [0.25, 0.3) is 0 Å².